The lowest BCUT2D eigenvalue weighted by Crippen LogP contribution is -2.46. The third kappa shape index (κ3) is 2.52. The zero-order chi connectivity index (χ0) is 13.3. The van der Waals surface area contributed by atoms with Crippen LogP contribution < -0.4 is 10.9 Å². The standard InChI is InChI=1S/C14H17N3O2/c18-13-10-4-1-2-5-11(10)16-12(17-13)8-15-9-14(19)6-3-7-14/h1-2,4-5,15,19H,3,6-9H2,(H,16,17,18). The quantitative estimate of drug-likeness (QED) is 0.763. The number of nitrogens with zero attached hydrogens (tertiary/aromatic N) is 1. The van der Waals surface area contributed by atoms with E-state index >= 15 is 0 Å². The Morgan fingerprint density at radius 2 is 2.16 bits per heavy atom. The Hall–Kier alpha value is -1.72. The number of rotatable bonds is 4. The second-order valence-electron chi connectivity index (χ2n) is 5.21. The maximum absolute atomic E-state index is 11.9. The fourth-order valence-corrected chi connectivity index (χ4v) is 2.39. The highest BCUT2D eigenvalue weighted by Crippen LogP contribution is 2.30. The summed E-state index contributed by atoms with van der Waals surface area (Å²) in [6.07, 6.45) is 2.78. The molecule has 0 amide bonds. The summed E-state index contributed by atoms with van der Waals surface area (Å²) in [7, 11) is 0. The van der Waals surface area contributed by atoms with Crippen molar-refractivity contribution >= 4 is 10.9 Å². The summed E-state index contributed by atoms with van der Waals surface area (Å²) in [5, 5.41) is 13.7. The molecular formula is C14H17N3O2. The monoisotopic (exact) mass is 259 g/mol. The molecule has 0 aliphatic heterocycles. The van der Waals surface area contributed by atoms with Crippen molar-refractivity contribution in [2.24, 2.45) is 0 Å². The van der Waals surface area contributed by atoms with Gasteiger partial charge in [-0.05, 0) is 31.4 Å². The highest BCUT2D eigenvalue weighted by atomic mass is 16.3. The minimum atomic E-state index is -0.558. The van der Waals surface area contributed by atoms with Crippen molar-refractivity contribution in [3.8, 4) is 0 Å². The molecule has 0 atom stereocenters. The highest BCUT2D eigenvalue weighted by Gasteiger charge is 2.33. The van der Waals surface area contributed by atoms with Gasteiger partial charge in [0.25, 0.3) is 5.56 Å². The van der Waals surface area contributed by atoms with Crippen LogP contribution in [0.25, 0.3) is 10.9 Å². The number of aliphatic hydroxyl groups is 1. The van der Waals surface area contributed by atoms with Crippen LogP contribution in [0.3, 0.4) is 0 Å². The van der Waals surface area contributed by atoms with E-state index in [1.165, 1.54) is 0 Å². The van der Waals surface area contributed by atoms with Crippen LogP contribution in [0.2, 0.25) is 0 Å². The van der Waals surface area contributed by atoms with Gasteiger partial charge in [-0.2, -0.15) is 0 Å². The smallest absolute Gasteiger partial charge is 0.258 e. The van der Waals surface area contributed by atoms with E-state index in [4.69, 9.17) is 0 Å². The van der Waals surface area contributed by atoms with Gasteiger partial charge in [0, 0.05) is 6.54 Å². The lowest BCUT2D eigenvalue weighted by atomic mass is 9.80. The first kappa shape index (κ1) is 12.3. The molecule has 1 heterocycles. The van der Waals surface area contributed by atoms with Gasteiger partial charge in [0.1, 0.15) is 5.82 Å². The Bertz CT molecular complexity index is 646. The number of hydrogen-bond acceptors (Lipinski definition) is 4. The molecule has 19 heavy (non-hydrogen) atoms. The summed E-state index contributed by atoms with van der Waals surface area (Å²) >= 11 is 0. The topological polar surface area (TPSA) is 78.0 Å². The van der Waals surface area contributed by atoms with Gasteiger partial charge in [-0.3, -0.25) is 4.79 Å². The third-order valence-corrected chi connectivity index (χ3v) is 3.69. The molecule has 5 heteroatoms. The van der Waals surface area contributed by atoms with Crippen LogP contribution in [0.15, 0.2) is 29.1 Å². The van der Waals surface area contributed by atoms with Crippen LogP contribution >= 0.6 is 0 Å². The Kier molecular flexibility index (Phi) is 3.08. The van der Waals surface area contributed by atoms with E-state index < -0.39 is 5.60 Å². The van der Waals surface area contributed by atoms with Crippen molar-refractivity contribution in [3.05, 3.63) is 40.4 Å². The first-order chi connectivity index (χ1) is 9.16. The predicted molar refractivity (Wildman–Crippen MR) is 72.9 cm³/mol. The van der Waals surface area contributed by atoms with Gasteiger partial charge in [-0.25, -0.2) is 4.98 Å². The van der Waals surface area contributed by atoms with Gasteiger partial charge in [0.2, 0.25) is 0 Å². The average molecular weight is 259 g/mol. The number of para-hydroxylation sites is 1. The zero-order valence-corrected chi connectivity index (χ0v) is 10.6. The molecule has 2 aromatic rings. The van der Waals surface area contributed by atoms with Gasteiger partial charge in [0.05, 0.1) is 23.0 Å². The Balaban J connectivity index is 1.72. The van der Waals surface area contributed by atoms with Gasteiger partial charge in [0.15, 0.2) is 0 Å². The maximum atomic E-state index is 11.9. The second kappa shape index (κ2) is 4.75. The van der Waals surface area contributed by atoms with Crippen LogP contribution in [0, 0.1) is 0 Å². The minimum Gasteiger partial charge on any atom is -0.389 e. The molecule has 0 saturated heterocycles. The molecule has 1 aliphatic rings. The van der Waals surface area contributed by atoms with E-state index in [1.807, 2.05) is 18.2 Å². The molecule has 1 fully saturated rings. The van der Waals surface area contributed by atoms with E-state index in [0.717, 1.165) is 19.3 Å². The van der Waals surface area contributed by atoms with Gasteiger partial charge >= 0.3 is 0 Å². The number of benzene rings is 1. The Morgan fingerprint density at radius 1 is 1.37 bits per heavy atom. The van der Waals surface area contributed by atoms with Crippen LogP contribution in [0.4, 0.5) is 0 Å². The fraction of sp³-hybridized carbons (Fsp3) is 0.429. The first-order valence-corrected chi connectivity index (χ1v) is 6.57. The van der Waals surface area contributed by atoms with E-state index in [0.29, 0.717) is 29.8 Å². The Labute approximate surface area is 110 Å². The summed E-state index contributed by atoms with van der Waals surface area (Å²) in [5.41, 5.74) is 0.0205. The third-order valence-electron chi connectivity index (χ3n) is 3.69. The number of aromatic nitrogens is 2. The Morgan fingerprint density at radius 3 is 2.89 bits per heavy atom. The number of H-pyrrole nitrogens is 1. The minimum absolute atomic E-state index is 0.121. The van der Waals surface area contributed by atoms with Crippen molar-refractivity contribution in [2.45, 2.75) is 31.4 Å². The van der Waals surface area contributed by atoms with Crippen molar-refractivity contribution < 1.29 is 5.11 Å². The van der Waals surface area contributed by atoms with Crippen molar-refractivity contribution in [3.63, 3.8) is 0 Å². The molecule has 0 bridgehead atoms. The molecule has 100 valence electrons. The van der Waals surface area contributed by atoms with Crippen LogP contribution in [-0.4, -0.2) is 27.2 Å². The van der Waals surface area contributed by atoms with Gasteiger partial charge in [-0.1, -0.05) is 12.1 Å². The molecule has 0 spiro atoms. The summed E-state index contributed by atoms with van der Waals surface area (Å²) in [6.45, 7) is 1.01. The van der Waals surface area contributed by atoms with E-state index in [1.54, 1.807) is 6.07 Å². The van der Waals surface area contributed by atoms with Crippen molar-refractivity contribution in [2.75, 3.05) is 6.54 Å². The van der Waals surface area contributed by atoms with Crippen molar-refractivity contribution in [1.82, 2.24) is 15.3 Å². The predicted octanol–water partition coefficient (Wildman–Crippen LogP) is 0.928. The summed E-state index contributed by atoms with van der Waals surface area (Å²) in [6, 6.07) is 7.27. The number of fused-ring (bicyclic) bond motifs is 1. The largest absolute Gasteiger partial charge is 0.389 e. The summed E-state index contributed by atoms with van der Waals surface area (Å²) < 4.78 is 0. The average Bonchev–Trinajstić information content (AvgIpc) is 2.37. The SMILES string of the molecule is O=c1[nH]c(CNCC2(O)CCC2)nc2ccccc12. The van der Waals surface area contributed by atoms with E-state index in [9.17, 15) is 9.90 Å². The molecule has 0 unspecified atom stereocenters. The normalized spacial score (nSPS) is 17.3. The van der Waals surface area contributed by atoms with Gasteiger partial charge < -0.3 is 15.4 Å². The molecule has 0 radical (unpaired) electrons. The highest BCUT2D eigenvalue weighted by molar-refractivity contribution is 5.77. The lowest BCUT2D eigenvalue weighted by Gasteiger charge is -2.36. The molecule has 1 aromatic heterocycles. The van der Waals surface area contributed by atoms with Crippen molar-refractivity contribution in [1.29, 1.82) is 0 Å². The zero-order valence-electron chi connectivity index (χ0n) is 10.6. The van der Waals surface area contributed by atoms with Crippen LogP contribution in [0.5, 0.6) is 0 Å². The van der Waals surface area contributed by atoms with Gasteiger partial charge in [-0.15, -0.1) is 0 Å². The lowest BCUT2D eigenvalue weighted by molar-refractivity contribution is -0.0315. The molecule has 1 aromatic carbocycles. The van der Waals surface area contributed by atoms with E-state index in [2.05, 4.69) is 15.3 Å². The summed E-state index contributed by atoms with van der Waals surface area (Å²) in [4.78, 5) is 19.0. The number of aromatic amines is 1. The molecule has 5 nitrogen and oxygen atoms in total. The molecule has 1 aliphatic carbocycles. The molecule has 3 rings (SSSR count). The maximum Gasteiger partial charge on any atom is 0.258 e. The number of hydrogen-bond donors (Lipinski definition) is 3. The second-order valence-corrected chi connectivity index (χ2v) is 5.21. The molecular weight excluding hydrogens is 242 g/mol. The van der Waals surface area contributed by atoms with Crippen LogP contribution in [0.1, 0.15) is 25.1 Å². The molecule has 3 N–H and O–H groups in total. The first-order valence-electron chi connectivity index (χ1n) is 6.57. The van der Waals surface area contributed by atoms with Crippen LogP contribution in [-0.2, 0) is 6.54 Å². The summed E-state index contributed by atoms with van der Waals surface area (Å²) in [5.74, 6) is 0.603. The number of nitrogens with one attached hydrogen (secondary N) is 2. The van der Waals surface area contributed by atoms with E-state index in [-0.39, 0.29) is 5.56 Å². The molecule has 1 saturated carbocycles. The fourth-order valence-electron chi connectivity index (χ4n) is 2.39.